The van der Waals surface area contributed by atoms with Gasteiger partial charge in [0.15, 0.2) is 6.29 Å². The Kier molecular flexibility index (Phi) is 14.5. The summed E-state index contributed by atoms with van der Waals surface area (Å²) < 4.78 is 44.3. The number of nitriles is 1. The highest BCUT2D eigenvalue weighted by molar-refractivity contribution is 5.89. The lowest BCUT2D eigenvalue weighted by Crippen LogP contribution is -2.72. The van der Waals surface area contributed by atoms with Crippen LogP contribution >= 0.6 is 0 Å². The van der Waals surface area contributed by atoms with Gasteiger partial charge < -0.3 is 58.1 Å². The van der Waals surface area contributed by atoms with Gasteiger partial charge in [0.05, 0.1) is 60.9 Å². The Hall–Kier alpha value is -7.08. The van der Waals surface area contributed by atoms with Crippen molar-refractivity contribution in [3.63, 3.8) is 0 Å². The van der Waals surface area contributed by atoms with Gasteiger partial charge in [-0.3, -0.25) is 9.97 Å². The fourth-order valence-electron chi connectivity index (χ4n) is 17.1. The lowest BCUT2D eigenvalue weighted by molar-refractivity contribution is -0.330. The van der Waals surface area contributed by atoms with Gasteiger partial charge in [-0.2, -0.15) is 5.26 Å². The van der Waals surface area contributed by atoms with Crippen molar-refractivity contribution in [2.45, 2.75) is 148 Å². The third-order valence-electron chi connectivity index (χ3n) is 21.5. The fraction of sp³-hybridized carbons (Fsp3) is 0.493. The fourth-order valence-corrected chi connectivity index (χ4v) is 17.1. The van der Waals surface area contributed by atoms with Crippen LogP contribution in [0.1, 0.15) is 142 Å². The first-order chi connectivity index (χ1) is 40.4. The second-order valence-corrected chi connectivity index (χ2v) is 26.3. The van der Waals surface area contributed by atoms with Crippen molar-refractivity contribution in [2.75, 3.05) is 13.2 Å². The monoisotopic (exact) mass is 1160 g/mol. The van der Waals surface area contributed by atoms with E-state index < -0.39 is 98.7 Å². The van der Waals surface area contributed by atoms with Gasteiger partial charge in [-0.15, -0.1) is 0 Å². The minimum atomic E-state index is -1.29. The molecule has 85 heavy (non-hydrogen) atoms. The number of carbonyl (C=O) groups is 1. The van der Waals surface area contributed by atoms with Crippen LogP contribution in [0.3, 0.4) is 0 Å². The van der Waals surface area contributed by atoms with E-state index >= 15 is 0 Å². The molecule has 4 unspecified atom stereocenters. The Morgan fingerprint density at radius 2 is 1.28 bits per heavy atom. The molecule has 3 aliphatic heterocycles. The molecule has 18 heteroatoms. The number of aliphatic hydroxyl groups excluding tert-OH is 5. The average molecular weight is 1160 g/mol. The molecule has 7 aliphatic rings. The number of aryl methyl sites for hydroxylation is 2. The highest BCUT2D eigenvalue weighted by Gasteiger charge is 2.72. The summed E-state index contributed by atoms with van der Waals surface area (Å²) in [6.07, 6.45) is 3.71. The van der Waals surface area contributed by atoms with Crippen LogP contribution in [0.2, 0.25) is 0 Å². The van der Waals surface area contributed by atoms with Crippen LogP contribution in [0.5, 0.6) is 11.5 Å². The molecule has 7 heterocycles. The van der Waals surface area contributed by atoms with Crippen molar-refractivity contribution < 1.29 is 62.8 Å². The van der Waals surface area contributed by atoms with Crippen molar-refractivity contribution in [3.05, 3.63) is 163 Å². The van der Waals surface area contributed by atoms with Gasteiger partial charge >= 0.3 is 17.2 Å². The van der Waals surface area contributed by atoms with E-state index in [9.17, 15) is 45.2 Å². The van der Waals surface area contributed by atoms with E-state index in [2.05, 4.69) is 61.9 Å². The molecule has 2 aromatic carbocycles. The number of aromatic nitrogens is 2. The summed E-state index contributed by atoms with van der Waals surface area (Å²) >= 11 is 0. The molecule has 446 valence electrons. The molecule has 5 N–H and O–H groups in total. The number of benzene rings is 2. The van der Waals surface area contributed by atoms with Gasteiger partial charge in [-0.25, -0.2) is 14.4 Å². The number of carbonyl (C=O) groups excluding carboxylic acids is 1. The average Bonchev–Trinajstić information content (AvgIpc) is 0.715. The van der Waals surface area contributed by atoms with Crippen molar-refractivity contribution in [1.82, 2.24) is 9.97 Å². The Morgan fingerprint density at radius 1 is 0.706 bits per heavy atom. The molecule has 18 nitrogen and oxygen atoms in total. The molecule has 17 atom stereocenters. The first kappa shape index (κ1) is 58.3. The van der Waals surface area contributed by atoms with Crippen LogP contribution < -0.4 is 20.7 Å². The summed E-state index contributed by atoms with van der Waals surface area (Å²) in [6.45, 7) is 16.1. The Morgan fingerprint density at radius 3 is 1.85 bits per heavy atom. The number of aliphatic hydroxyl groups is 5. The van der Waals surface area contributed by atoms with E-state index in [1.54, 1.807) is 92.4 Å². The van der Waals surface area contributed by atoms with Crippen LogP contribution in [0, 0.1) is 70.5 Å². The summed E-state index contributed by atoms with van der Waals surface area (Å²) in [5.41, 5.74) is -1.13. The zero-order valence-corrected chi connectivity index (χ0v) is 49.0. The predicted octanol–water partition coefficient (Wildman–Crippen LogP) is 9.20. The zero-order valence-electron chi connectivity index (χ0n) is 49.0. The van der Waals surface area contributed by atoms with E-state index in [-0.39, 0.29) is 64.3 Å². The number of fused-ring (bicyclic) bond motifs is 10. The van der Waals surface area contributed by atoms with Crippen molar-refractivity contribution in [1.29, 1.82) is 5.26 Å². The van der Waals surface area contributed by atoms with Crippen LogP contribution in [0.25, 0.3) is 22.6 Å². The largest absolute Gasteiger partial charge is 0.484 e. The number of hydrogen-bond donors (Lipinski definition) is 5. The standard InChI is InChI=1S/C42H42N2O8.C25H31NO7/c1-23-8-13-28(24(2)17-23)39-48-22-41(4)31-19-33(50-37(46)26-11-9-25(20-43)10-12-26)42(5)36(40(31,3)15-14-32(41)51-39)35(45)34-30(52-42)18-29(49-38(34)47)27-7-6-16-44-21-27;1-23-7-6-17(28)24(2,12-27)16(23)10-18(29)25(3)21(23)20(30)19-15(33-25)9-14(32-22(19)31)13-5-4-8-26-11-13/h6-13,16-18,21,31-33,35-36,39,45H,14-15,19,22H2,1-5H3;4-5,8-9,11,16-18,20-21,27-30H,6-7,10,12H2,1-3H3/t31?,32-,33-,35-,36?,39+,40-,41-,42+;16?,17-,18-,20-,21?,23-,24-,25+/m00/s1. The van der Waals surface area contributed by atoms with Crippen molar-refractivity contribution in [2.24, 2.45) is 45.3 Å². The van der Waals surface area contributed by atoms with Gasteiger partial charge in [-0.1, -0.05) is 51.5 Å². The lowest BCUT2D eigenvalue weighted by Gasteiger charge is -2.67. The van der Waals surface area contributed by atoms with Gasteiger partial charge in [0.2, 0.25) is 0 Å². The second kappa shape index (κ2) is 21.1. The molecule has 4 aliphatic carbocycles. The number of ether oxygens (including phenoxy) is 5. The highest BCUT2D eigenvalue weighted by Crippen LogP contribution is 2.70. The predicted molar refractivity (Wildman–Crippen MR) is 307 cm³/mol. The molecule has 5 fully saturated rings. The quantitative estimate of drug-likeness (QED) is 0.0972. The SMILES string of the molecule is C[C@]12CC[C@H](O)[C@@](C)(CO)C1C[C@H](O)[C@@]1(C)Oc3cc(-c4cccnc4)oc(=O)c3[C@H](O)C21.Cc1ccc([C@@H]2OC[C@@]3(C)C4C[C@H](OC(=O)c5ccc(C#N)cc5)[C@@]5(C)Oc6cc(-c7cccnc7)oc(=O)c6[C@H](O)C5[C@@]4(C)CC[C@@H]3O2)c(C)c1. The van der Waals surface area contributed by atoms with Crippen LogP contribution in [-0.4, -0.2) is 90.3 Å². The molecule has 0 bridgehead atoms. The van der Waals surface area contributed by atoms with Crippen LogP contribution in [0.15, 0.2) is 122 Å². The molecule has 0 radical (unpaired) electrons. The topological polar surface area (TPSA) is 274 Å². The normalized spacial score (nSPS) is 36.6. The maximum atomic E-state index is 13.9. The lowest BCUT2D eigenvalue weighted by atomic mass is 9.42. The Bertz CT molecular complexity index is 3720. The van der Waals surface area contributed by atoms with Crippen LogP contribution in [-0.2, 0) is 14.2 Å². The molecule has 6 aromatic rings. The minimum absolute atomic E-state index is 0.0380. The number of nitrogens with zero attached hydrogens (tertiary/aromatic N) is 3. The van der Waals surface area contributed by atoms with E-state index in [0.29, 0.717) is 61.8 Å². The molecule has 0 spiro atoms. The third-order valence-corrected chi connectivity index (χ3v) is 21.5. The third kappa shape index (κ3) is 9.18. The number of hydrogen-bond acceptors (Lipinski definition) is 18. The van der Waals surface area contributed by atoms with E-state index in [0.717, 1.165) is 11.1 Å². The maximum absolute atomic E-state index is 13.9. The van der Waals surface area contributed by atoms with Gasteiger partial charge in [0, 0.05) is 76.3 Å². The number of rotatable bonds is 6. The molecule has 13 rings (SSSR count). The highest BCUT2D eigenvalue weighted by atomic mass is 16.7. The zero-order chi connectivity index (χ0) is 60.3. The molecule has 4 aromatic heterocycles. The molecular formula is C67H73N3O15. The van der Waals surface area contributed by atoms with Gasteiger partial charge in [-0.05, 0) is 143 Å². The summed E-state index contributed by atoms with van der Waals surface area (Å²) in [5, 5.41) is 65.6. The summed E-state index contributed by atoms with van der Waals surface area (Å²) in [7, 11) is 0. The van der Waals surface area contributed by atoms with Crippen molar-refractivity contribution >= 4 is 5.97 Å². The second-order valence-electron chi connectivity index (χ2n) is 26.3. The van der Waals surface area contributed by atoms with E-state index in [1.807, 2.05) is 20.8 Å². The summed E-state index contributed by atoms with van der Waals surface area (Å²) in [5.74, 6) is -1.45. The summed E-state index contributed by atoms with van der Waals surface area (Å²) in [6, 6.07) is 24.8. The van der Waals surface area contributed by atoms with Gasteiger partial charge in [0.1, 0.15) is 51.5 Å². The molecular weight excluding hydrogens is 1090 g/mol. The first-order valence-electron chi connectivity index (χ1n) is 29.3. The molecule has 0 amide bonds. The number of pyridine rings is 2. The van der Waals surface area contributed by atoms with Crippen LogP contribution in [0.4, 0.5) is 0 Å². The van der Waals surface area contributed by atoms with E-state index in [4.69, 9.17) is 32.5 Å². The Labute approximate surface area is 492 Å². The Balaban J connectivity index is 0.000000185. The smallest absolute Gasteiger partial charge is 0.345 e. The summed E-state index contributed by atoms with van der Waals surface area (Å²) in [4.78, 5) is 48.9. The molecule has 4 saturated carbocycles. The van der Waals surface area contributed by atoms with E-state index in [1.165, 1.54) is 5.56 Å². The number of esters is 1. The minimum Gasteiger partial charge on any atom is -0.484 e. The first-order valence-corrected chi connectivity index (χ1v) is 29.3. The maximum Gasteiger partial charge on any atom is 0.345 e. The van der Waals surface area contributed by atoms with Crippen molar-refractivity contribution in [3.8, 4) is 40.2 Å². The van der Waals surface area contributed by atoms with Gasteiger partial charge in [0.25, 0.3) is 0 Å². The molecule has 1 saturated heterocycles.